The third kappa shape index (κ3) is 2.16. The molecule has 4 rings (SSSR count). The molecule has 2 aliphatic rings. The van der Waals surface area contributed by atoms with Crippen LogP contribution in [0.3, 0.4) is 0 Å². The number of fused-ring (bicyclic) bond motifs is 2. The van der Waals surface area contributed by atoms with Gasteiger partial charge in [0.05, 0.1) is 5.56 Å². The van der Waals surface area contributed by atoms with Crippen LogP contribution < -0.4 is 5.43 Å². The van der Waals surface area contributed by atoms with Crippen molar-refractivity contribution in [2.75, 3.05) is 0 Å². The molecule has 24 heavy (non-hydrogen) atoms. The van der Waals surface area contributed by atoms with Crippen LogP contribution in [-0.4, -0.2) is 11.1 Å². The van der Waals surface area contributed by atoms with Crippen molar-refractivity contribution in [3.63, 3.8) is 0 Å². The Hall–Kier alpha value is -3.40. The Morgan fingerprint density at radius 3 is 2.46 bits per heavy atom. The smallest absolute Gasteiger partial charge is 0.336 e. The van der Waals surface area contributed by atoms with Crippen LogP contribution in [0.5, 0.6) is 0 Å². The van der Waals surface area contributed by atoms with E-state index in [1.54, 1.807) is 36.4 Å². The molecule has 0 bridgehead atoms. The van der Waals surface area contributed by atoms with Crippen LogP contribution in [0.15, 0.2) is 75.9 Å². The normalized spacial score (nSPS) is 11.0. The van der Waals surface area contributed by atoms with E-state index in [4.69, 9.17) is 4.42 Å². The fourth-order valence-corrected chi connectivity index (χ4v) is 3.00. The van der Waals surface area contributed by atoms with E-state index >= 15 is 0 Å². The monoisotopic (exact) mass is 316 g/mol. The lowest BCUT2D eigenvalue weighted by Gasteiger charge is -2.16. The van der Waals surface area contributed by atoms with Gasteiger partial charge in [-0.05, 0) is 29.8 Å². The van der Waals surface area contributed by atoms with E-state index < -0.39 is 5.97 Å². The van der Waals surface area contributed by atoms with Gasteiger partial charge in [0.1, 0.15) is 11.3 Å². The minimum atomic E-state index is -0.996. The fourth-order valence-electron chi connectivity index (χ4n) is 3.00. The molecule has 0 amide bonds. The first kappa shape index (κ1) is 14.2. The first-order valence-corrected chi connectivity index (χ1v) is 7.43. The molecule has 1 aliphatic carbocycles. The number of aromatic carboxylic acids is 1. The Balaban J connectivity index is 2.22. The molecule has 0 spiro atoms. The van der Waals surface area contributed by atoms with Crippen LogP contribution in [0.4, 0.5) is 0 Å². The molecular weight excluding hydrogens is 304 g/mol. The number of carboxylic acids is 1. The highest BCUT2D eigenvalue weighted by atomic mass is 16.4. The minimum absolute atomic E-state index is 0.154. The Morgan fingerprint density at radius 2 is 1.62 bits per heavy atom. The summed E-state index contributed by atoms with van der Waals surface area (Å²) < 4.78 is 5.84. The lowest BCUT2D eigenvalue weighted by atomic mass is 9.91. The fraction of sp³-hybridized carbons (Fsp3) is 0. The van der Waals surface area contributed by atoms with E-state index in [-0.39, 0.29) is 11.0 Å². The van der Waals surface area contributed by atoms with E-state index in [1.165, 1.54) is 12.1 Å². The largest absolute Gasteiger partial charge is 0.478 e. The summed E-state index contributed by atoms with van der Waals surface area (Å²) in [6, 6.07) is 18.8. The van der Waals surface area contributed by atoms with Crippen molar-refractivity contribution in [2.24, 2.45) is 0 Å². The van der Waals surface area contributed by atoms with Crippen LogP contribution in [0.25, 0.3) is 33.4 Å². The van der Waals surface area contributed by atoms with Gasteiger partial charge in [-0.15, -0.1) is 0 Å². The molecule has 116 valence electrons. The van der Waals surface area contributed by atoms with E-state index in [1.807, 2.05) is 18.2 Å². The number of hydrogen-bond acceptors (Lipinski definition) is 3. The zero-order valence-electron chi connectivity index (χ0n) is 12.5. The molecule has 2 aromatic carbocycles. The summed E-state index contributed by atoms with van der Waals surface area (Å²) in [7, 11) is 0. The van der Waals surface area contributed by atoms with Gasteiger partial charge in [-0.25, -0.2) is 4.79 Å². The highest BCUT2D eigenvalue weighted by Crippen LogP contribution is 2.40. The van der Waals surface area contributed by atoms with Gasteiger partial charge in [-0.2, -0.15) is 0 Å². The van der Waals surface area contributed by atoms with Crippen molar-refractivity contribution in [2.45, 2.75) is 0 Å². The van der Waals surface area contributed by atoms with Crippen molar-refractivity contribution in [3.05, 3.63) is 82.5 Å². The second-order valence-corrected chi connectivity index (χ2v) is 5.48. The zero-order chi connectivity index (χ0) is 16.7. The molecule has 1 aliphatic heterocycles. The van der Waals surface area contributed by atoms with Gasteiger partial charge in [-0.1, -0.05) is 36.4 Å². The van der Waals surface area contributed by atoms with Crippen LogP contribution in [0.1, 0.15) is 10.4 Å². The molecule has 0 saturated heterocycles. The first-order chi connectivity index (χ1) is 11.6. The number of carbonyl (C=O) groups is 1. The number of hydrogen-bond donors (Lipinski definition) is 1. The summed E-state index contributed by atoms with van der Waals surface area (Å²) in [6.07, 6.45) is 0. The maximum Gasteiger partial charge on any atom is 0.336 e. The highest BCUT2D eigenvalue weighted by molar-refractivity contribution is 6.07. The number of benzene rings is 3. The second kappa shape index (κ2) is 5.35. The molecule has 1 N–H and O–H groups in total. The Morgan fingerprint density at radius 1 is 0.875 bits per heavy atom. The lowest BCUT2D eigenvalue weighted by molar-refractivity contribution is 0.0697. The van der Waals surface area contributed by atoms with Crippen molar-refractivity contribution < 1.29 is 14.3 Å². The predicted molar refractivity (Wildman–Crippen MR) is 91.5 cm³/mol. The van der Waals surface area contributed by atoms with Crippen molar-refractivity contribution in [1.29, 1.82) is 0 Å². The molecule has 1 heterocycles. The Labute approximate surface area is 136 Å². The molecule has 0 atom stereocenters. The SMILES string of the molecule is O=C(O)c1ccccc1-c1c2ccc(=O)cc-2oc2ccccc12. The third-order valence-electron chi connectivity index (χ3n) is 4.03. The third-order valence-corrected chi connectivity index (χ3v) is 4.03. The van der Waals surface area contributed by atoms with Crippen molar-refractivity contribution >= 4 is 16.9 Å². The summed E-state index contributed by atoms with van der Waals surface area (Å²) in [5.74, 6) is -0.555. The zero-order valence-corrected chi connectivity index (χ0v) is 12.5. The summed E-state index contributed by atoms with van der Waals surface area (Å²) >= 11 is 0. The van der Waals surface area contributed by atoms with Gasteiger partial charge < -0.3 is 9.52 Å². The van der Waals surface area contributed by atoms with E-state index in [0.29, 0.717) is 22.5 Å². The number of carboxylic acid groups (broad SMARTS) is 1. The van der Waals surface area contributed by atoms with E-state index in [2.05, 4.69) is 0 Å². The molecule has 0 fully saturated rings. The summed E-state index contributed by atoms with van der Waals surface area (Å²) in [4.78, 5) is 23.3. The van der Waals surface area contributed by atoms with Crippen LogP contribution in [0, 0.1) is 0 Å². The topological polar surface area (TPSA) is 67.5 Å². The molecule has 0 aromatic heterocycles. The molecule has 4 heteroatoms. The maximum absolute atomic E-state index is 11.7. The van der Waals surface area contributed by atoms with Crippen LogP contribution >= 0.6 is 0 Å². The minimum Gasteiger partial charge on any atom is -0.478 e. The molecule has 2 aromatic rings. The van der Waals surface area contributed by atoms with Crippen LogP contribution in [-0.2, 0) is 0 Å². The predicted octanol–water partition coefficient (Wildman–Crippen LogP) is 4.26. The van der Waals surface area contributed by atoms with E-state index in [9.17, 15) is 14.7 Å². The number of rotatable bonds is 2. The summed E-state index contributed by atoms with van der Waals surface area (Å²) in [5, 5.41) is 10.3. The van der Waals surface area contributed by atoms with Gasteiger partial charge in [0, 0.05) is 22.6 Å². The van der Waals surface area contributed by atoms with Gasteiger partial charge in [0.25, 0.3) is 0 Å². The first-order valence-electron chi connectivity index (χ1n) is 7.43. The molecule has 4 nitrogen and oxygen atoms in total. The average Bonchev–Trinajstić information content (AvgIpc) is 2.59. The van der Waals surface area contributed by atoms with Gasteiger partial charge in [0.15, 0.2) is 5.43 Å². The van der Waals surface area contributed by atoms with Gasteiger partial charge in [0.2, 0.25) is 0 Å². The number of para-hydroxylation sites is 1. The summed E-state index contributed by atoms with van der Waals surface area (Å²) in [6.45, 7) is 0. The van der Waals surface area contributed by atoms with Crippen LogP contribution in [0.2, 0.25) is 0 Å². The highest BCUT2D eigenvalue weighted by Gasteiger charge is 2.20. The molecule has 0 radical (unpaired) electrons. The van der Waals surface area contributed by atoms with E-state index in [0.717, 1.165) is 10.9 Å². The lowest BCUT2D eigenvalue weighted by Crippen LogP contribution is -2.03. The standard InChI is InChI=1S/C20H12O4/c21-12-9-10-16-18(11-12)24-17-8-4-3-7-15(17)19(16)13-5-1-2-6-14(13)20(22)23/h1-11H,(H,22,23). The second-order valence-electron chi connectivity index (χ2n) is 5.48. The summed E-state index contributed by atoms with van der Waals surface area (Å²) in [5.41, 5.74) is 2.72. The molecule has 0 unspecified atom stereocenters. The van der Waals surface area contributed by atoms with Crippen molar-refractivity contribution in [1.82, 2.24) is 0 Å². The van der Waals surface area contributed by atoms with Gasteiger partial charge in [-0.3, -0.25) is 4.79 Å². The Bertz CT molecular complexity index is 1110. The molecular formula is C20H12O4. The quantitative estimate of drug-likeness (QED) is 0.561. The maximum atomic E-state index is 11.7. The average molecular weight is 316 g/mol. The Kier molecular flexibility index (Phi) is 3.17. The van der Waals surface area contributed by atoms with Crippen molar-refractivity contribution in [3.8, 4) is 22.5 Å². The van der Waals surface area contributed by atoms with Gasteiger partial charge >= 0.3 is 5.97 Å². The molecule has 0 saturated carbocycles.